The van der Waals surface area contributed by atoms with Crippen LogP contribution in [0.2, 0.25) is 36.3 Å². The Balaban J connectivity index is 2.50. The lowest BCUT2D eigenvalue weighted by molar-refractivity contribution is -0.0676. The monoisotopic (exact) mass is 512 g/mol. The van der Waals surface area contributed by atoms with Gasteiger partial charge in [0.05, 0.1) is 13.2 Å². The molecule has 34 heavy (non-hydrogen) atoms. The van der Waals surface area contributed by atoms with E-state index in [0.29, 0.717) is 6.61 Å². The molecule has 2 rings (SSSR count). The molecule has 2 heterocycles. The van der Waals surface area contributed by atoms with Crippen molar-refractivity contribution < 1.29 is 18.3 Å². The van der Waals surface area contributed by atoms with E-state index in [-0.39, 0.29) is 16.7 Å². The summed E-state index contributed by atoms with van der Waals surface area (Å²) >= 11 is 0. The standard InChI is InChI=1S/C24H44N2O6Si2/c1-12-15-29-20-19(32-34(10,11)24(5,6)7)17(16-30-33(8,9)23(2,3)4)31-21(20)26-14-13-18(27)25-22(26)28/h12-14,17,19-21H,1,15-16H2,2-11H3,(H,25,27,28)/t17-,19-,20+,21-/m1/s1. The first-order valence-electron chi connectivity index (χ1n) is 11.9. The van der Waals surface area contributed by atoms with Gasteiger partial charge in [0, 0.05) is 12.3 Å². The van der Waals surface area contributed by atoms with E-state index < -0.39 is 52.4 Å². The summed E-state index contributed by atoms with van der Waals surface area (Å²) in [5.41, 5.74) is -1.02. The Hall–Kier alpha value is -1.31. The zero-order chi connectivity index (χ0) is 26.1. The van der Waals surface area contributed by atoms with Gasteiger partial charge in [-0.25, -0.2) is 4.79 Å². The average molecular weight is 513 g/mol. The van der Waals surface area contributed by atoms with Gasteiger partial charge in [-0.2, -0.15) is 0 Å². The number of nitrogens with zero attached hydrogens (tertiary/aromatic N) is 1. The van der Waals surface area contributed by atoms with Gasteiger partial charge in [0.2, 0.25) is 0 Å². The highest BCUT2D eigenvalue weighted by molar-refractivity contribution is 6.74. The number of nitrogens with one attached hydrogen (secondary N) is 1. The summed E-state index contributed by atoms with van der Waals surface area (Å²) in [7, 11) is -4.29. The number of hydrogen-bond donors (Lipinski definition) is 1. The highest BCUT2D eigenvalue weighted by Crippen LogP contribution is 2.43. The fourth-order valence-corrected chi connectivity index (χ4v) is 5.55. The van der Waals surface area contributed by atoms with Crippen LogP contribution in [0.15, 0.2) is 34.5 Å². The van der Waals surface area contributed by atoms with Crippen molar-refractivity contribution >= 4 is 16.6 Å². The molecule has 10 heteroatoms. The molecule has 4 atom stereocenters. The van der Waals surface area contributed by atoms with E-state index in [9.17, 15) is 9.59 Å². The lowest BCUT2D eigenvalue weighted by atomic mass is 10.1. The fourth-order valence-electron chi connectivity index (χ4n) is 3.22. The van der Waals surface area contributed by atoms with Crippen molar-refractivity contribution in [3.05, 3.63) is 45.8 Å². The Morgan fingerprint density at radius 3 is 2.15 bits per heavy atom. The predicted octanol–water partition coefficient (Wildman–Crippen LogP) is 4.42. The molecule has 0 unspecified atom stereocenters. The van der Waals surface area contributed by atoms with Crippen molar-refractivity contribution in [2.45, 2.75) is 102 Å². The molecule has 8 nitrogen and oxygen atoms in total. The van der Waals surface area contributed by atoms with E-state index >= 15 is 0 Å². The van der Waals surface area contributed by atoms with E-state index in [1.807, 2.05) is 0 Å². The van der Waals surface area contributed by atoms with Crippen molar-refractivity contribution in [1.29, 1.82) is 0 Å². The minimum Gasteiger partial charge on any atom is -0.414 e. The maximum Gasteiger partial charge on any atom is 0.330 e. The number of rotatable bonds is 9. The second kappa shape index (κ2) is 10.4. The van der Waals surface area contributed by atoms with Gasteiger partial charge in [-0.3, -0.25) is 14.3 Å². The summed E-state index contributed by atoms with van der Waals surface area (Å²) in [4.78, 5) is 26.6. The molecule has 0 aromatic carbocycles. The van der Waals surface area contributed by atoms with Gasteiger partial charge in [-0.1, -0.05) is 47.6 Å². The Labute approximate surface area is 205 Å². The first kappa shape index (κ1) is 28.9. The third-order valence-electron chi connectivity index (χ3n) is 7.47. The SMILES string of the molecule is C=CCO[C@H]1[C@H](O[Si](C)(C)C(C)(C)C)[C@@H](CO[Si](C)(C)C(C)(C)C)O[C@H]1n1ccc(=O)[nH]c1=O. The van der Waals surface area contributed by atoms with E-state index in [0.717, 1.165) is 0 Å². The van der Waals surface area contributed by atoms with Crippen molar-refractivity contribution in [1.82, 2.24) is 9.55 Å². The Morgan fingerprint density at radius 2 is 1.65 bits per heavy atom. The first-order valence-corrected chi connectivity index (χ1v) is 17.7. The minimum atomic E-state index is -2.23. The van der Waals surface area contributed by atoms with E-state index in [4.69, 9.17) is 18.3 Å². The average Bonchev–Trinajstić information content (AvgIpc) is 2.99. The van der Waals surface area contributed by atoms with Crippen LogP contribution < -0.4 is 11.2 Å². The third kappa shape index (κ3) is 6.47. The van der Waals surface area contributed by atoms with Crippen LogP contribution in [0.25, 0.3) is 0 Å². The molecule has 0 spiro atoms. The fraction of sp³-hybridized carbons (Fsp3) is 0.750. The molecule has 1 saturated heterocycles. The van der Waals surface area contributed by atoms with Gasteiger partial charge in [-0.15, -0.1) is 6.58 Å². The molecular weight excluding hydrogens is 468 g/mol. The molecule has 194 valence electrons. The summed E-state index contributed by atoms with van der Waals surface area (Å²) in [6, 6.07) is 1.30. The molecule has 0 saturated carbocycles. The Kier molecular flexibility index (Phi) is 8.81. The molecule has 0 amide bonds. The summed E-state index contributed by atoms with van der Waals surface area (Å²) in [6.07, 6.45) is 0.860. The number of aromatic amines is 1. The number of ether oxygens (including phenoxy) is 2. The normalized spacial score (nSPS) is 24.4. The quantitative estimate of drug-likeness (QED) is 0.389. The van der Waals surface area contributed by atoms with Gasteiger partial charge in [0.15, 0.2) is 22.9 Å². The number of hydrogen-bond acceptors (Lipinski definition) is 6. The van der Waals surface area contributed by atoms with Crippen LogP contribution in [0.4, 0.5) is 0 Å². The van der Waals surface area contributed by atoms with Crippen LogP contribution in [0.3, 0.4) is 0 Å². The zero-order valence-corrected chi connectivity index (χ0v) is 24.6. The number of H-pyrrole nitrogens is 1. The second-order valence-corrected chi connectivity index (χ2v) is 21.6. The van der Waals surface area contributed by atoms with Crippen LogP contribution in [0, 0.1) is 0 Å². The predicted molar refractivity (Wildman–Crippen MR) is 140 cm³/mol. The largest absolute Gasteiger partial charge is 0.414 e. The van der Waals surface area contributed by atoms with Crippen LogP contribution >= 0.6 is 0 Å². The van der Waals surface area contributed by atoms with Crippen molar-refractivity contribution in [2.75, 3.05) is 13.2 Å². The summed E-state index contributed by atoms with van der Waals surface area (Å²) in [5.74, 6) is 0. The maximum atomic E-state index is 12.6. The Morgan fingerprint density at radius 1 is 1.06 bits per heavy atom. The van der Waals surface area contributed by atoms with E-state index in [1.54, 1.807) is 6.08 Å². The molecule has 1 fully saturated rings. The smallest absolute Gasteiger partial charge is 0.330 e. The molecular formula is C24H44N2O6Si2. The van der Waals surface area contributed by atoms with Gasteiger partial charge in [0.1, 0.15) is 18.3 Å². The summed E-state index contributed by atoms with van der Waals surface area (Å²) in [6.45, 7) is 26.2. The molecule has 1 aromatic heterocycles. The van der Waals surface area contributed by atoms with Gasteiger partial charge >= 0.3 is 5.69 Å². The maximum absolute atomic E-state index is 12.6. The molecule has 0 bridgehead atoms. The summed E-state index contributed by atoms with van der Waals surface area (Å²) < 4.78 is 27.3. The van der Waals surface area contributed by atoms with Crippen LogP contribution in [0.1, 0.15) is 47.8 Å². The third-order valence-corrected chi connectivity index (χ3v) is 16.4. The lowest BCUT2D eigenvalue weighted by Gasteiger charge is -2.41. The van der Waals surface area contributed by atoms with Gasteiger partial charge < -0.3 is 18.3 Å². The van der Waals surface area contributed by atoms with Crippen molar-refractivity contribution in [3.63, 3.8) is 0 Å². The zero-order valence-electron chi connectivity index (χ0n) is 22.6. The molecule has 1 aliphatic heterocycles. The van der Waals surface area contributed by atoms with E-state index in [2.05, 4.69) is 79.3 Å². The minimum absolute atomic E-state index is 0.0340. The Bertz CT molecular complexity index is 958. The lowest BCUT2D eigenvalue weighted by Crippen LogP contribution is -2.51. The second-order valence-electron chi connectivity index (χ2n) is 12.1. The molecule has 1 aromatic rings. The molecule has 1 N–H and O–H groups in total. The highest BCUT2D eigenvalue weighted by atomic mass is 28.4. The first-order chi connectivity index (χ1) is 15.4. The molecule has 0 radical (unpaired) electrons. The van der Waals surface area contributed by atoms with Crippen LogP contribution in [-0.2, 0) is 18.3 Å². The van der Waals surface area contributed by atoms with Crippen LogP contribution in [0.5, 0.6) is 0 Å². The number of aromatic nitrogens is 2. The van der Waals surface area contributed by atoms with Gasteiger partial charge in [0.25, 0.3) is 5.56 Å². The van der Waals surface area contributed by atoms with E-state index in [1.165, 1.54) is 16.8 Å². The molecule has 1 aliphatic rings. The van der Waals surface area contributed by atoms with Crippen molar-refractivity contribution in [3.8, 4) is 0 Å². The topological polar surface area (TPSA) is 91.8 Å². The summed E-state index contributed by atoms with van der Waals surface area (Å²) in [5, 5.41) is 0.00309. The van der Waals surface area contributed by atoms with Crippen molar-refractivity contribution in [2.24, 2.45) is 0 Å². The van der Waals surface area contributed by atoms with Crippen LogP contribution in [-0.4, -0.2) is 57.7 Å². The molecule has 0 aliphatic carbocycles. The highest BCUT2D eigenvalue weighted by Gasteiger charge is 2.52. The van der Waals surface area contributed by atoms with Gasteiger partial charge in [-0.05, 0) is 36.3 Å².